The van der Waals surface area contributed by atoms with Crippen LogP contribution in [0.4, 0.5) is 5.69 Å². The molecular formula is C13H11N3O3. The molecule has 2 aliphatic heterocycles. The summed E-state index contributed by atoms with van der Waals surface area (Å²) in [6.07, 6.45) is 0.617. The molecule has 19 heavy (non-hydrogen) atoms. The van der Waals surface area contributed by atoms with Gasteiger partial charge < -0.3 is 5.73 Å². The van der Waals surface area contributed by atoms with Gasteiger partial charge in [0.2, 0.25) is 11.8 Å². The summed E-state index contributed by atoms with van der Waals surface area (Å²) in [6, 6.07) is 5.06. The molecule has 6 heteroatoms. The molecule has 0 radical (unpaired) electrons. The van der Waals surface area contributed by atoms with E-state index in [2.05, 4.69) is 10.3 Å². The molecule has 1 fully saturated rings. The summed E-state index contributed by atoms with van der Waals surface area (Å²) in [6.45, 7) is 0. The first-order valence-electron chi connectivity index (χ1n) is 5.93. The third-order valence-corrected chi connectivity index (χ3v) is 3.38. The highest BCUT2D eigenvalue weighted by Gasteiger charge is 2.36. The summed E-state index contributed by atoms with van der Waals surface area (Å²) in [4.78, 5) is 38.8. The van der Waals surface area contributed by atoms with E-state index in [1.54, 1.807) is 18.2 Å². The van der Waals surface area contributed by atoms with Gasteiger partial charge >= 0.3 is 0 Å². The zero-order valence-electron chi connectivity index (χ0n) is 9.97. The lowest BCUT2D eigenvalue weighted by molar-refractivity contribution is -0.134. The van der Waals surface area contributed by atoms with Crippen molar-refractivity contribution in [3.05, 3.63) is 29.3 Å². The number of hydrogen-bond donors (Lipinski definition) is 2. The molecule has 96 valence electrons. The van der Waals surface area contributed by atoms with Crippen LogP contribution in [0.2, 0.25) is 0 Å². The summed E-state index contributed by atoms with van der Waals surface area (Å²) in [5, 5.41) is 2.27. The van der Waals surface area contributed by atoms with Crippen molar-refractivity contribution in [1.29, 1.82) is 0 Å². The molecule has 3 N–H and O–H groups in total. The van der Waals surface area contributed by atoms with Gasteiger partial charge in [-0.25, -0.2) is 4.99 Å². The fourth-order valence-corrected chi connectivity index (χ4v) is 2.47. The van der Waals surface area contributed by atoms with Crippen molar-refractivity contribution >= 4 is 29.1 Å². The van der Waals surface area contributed by atoms with Crippen LogP contribution in [0, 0.1) is 5.92 Å². The molecule has 2 aliphatic rings. The third kappa shape index (κ3) is 1.72. The Hall–Kier alpha value is -2.50. The van der Waals surface area contributed by atoms with Gasteiger partial charge in [-0.2, -0.15) is 0 Å². The minimum atomic E-state index is -0.565. The molecule has 1 aromatic rings. The summed E-state index contributed by atoms with van der Waals surface area (Å²) in [5.41, 5.74) is 7.48. The zero-order valence-corrected chi connectivity index (χ0v) is 9.97. The van der Waals surface area contributed by atoms with Crippen molar-refractivity contribution in [2.24, 2.45) is 10.9 Å². The van der Waals surface area contributed by atoms with E-state index in [-0.39, 0.29) is 12.3 Å². The minimum absolute atomic E-state index is 0.251. The lowest BCUT2D eigenvalue weighted by Crippen LogP contribution is -2.43. The van der Waals surface area contributed by atoms with Gasteiger partial charge in [-0.05, 0) is 12.5 Å². The number of carbonyl (C=O) groups is 3. The summed E-state index contributed by atoms with van der Waals surface area (Å²) in [7, 11) is 0. The molecule has 2 heterocycles. The fourth-order valence-electron chi connectivity index (χ4n) is 2.47. The first kappa shape index (κ1) is 11.6. The Balaban J connectivity index is 2.03. The zero-order chi connectivity index (χ0) is 13.6. The van der Waals surface area contributed by atoms with E-state index in [4.69, 9.17) is 5.73 Å². The predicted molar refractivity (Wildman–Crippen MR) is 67.6 cm³/mol. The third-order valence-electron chi connectivity index (χ3n) is 3.38. The number of aliphatic imine (C=N–C) groups is 1. The molecule has 3 amide bonds. The SMILES string of the molecule is Nc1cccc2c1C(=O)N=C2C1CCC(=O)NC1=O. The number of nitrogen functional groups attached to an aromatic ring is 1. The number of hydrogen-bond acceptors (Lipinski definition) is 4. The second-order valence-corrected chi connectivity index (χ2v) is 4.58. The lowest BCUT2D eigenvalue weighted by atomic mass is 9.88. The van der Waals surface area contributed by atoms with Crippen LogP contribution in [-0.4, -0.2) is 23.4 Å². The van der Waals surface area contributed by atoms with Crippen LogP contribution in [0.5, 0.6) is 0 Å². The first-order chi connectivity index (χ1) is 9.08. The monoisotopic (exact) mass is 257 g/mol. The van der Waals surface area contributed by atoms with Gasteiger partial charge in [-0.1, -0.05) is 12.1 Å². The van der Waals surface area contributed by atoms with E-state index in [1.807, 2.05) is 0 Å². The molecule has 1 unspecified atom stereocenters. The van der Waals surface area contributed by atoms with Crippen molar-refractivity contribution in [3.8, 4) is 0 Å². The second kappa shape index (κ2) is 4.01. The Morgan fingerprint density at radius 2 is 2.05 bits per heavy atom. The Bertz CT molecular complexity index is 649. The first-order valence-corrected chi connectivity index (χ1v) is 5.93. The van der Waals surface area contributed by atoms with Crippen molar-refractivity contribution in [1.82, 2.24) is 5.32 Å². The van der Waals surface area contributed by atoms with Gasteiger partial charge in [0, 0.05) is 17.7 Å². The molecule has 6 nitrogen and oxygen atoms in total. The maximum atomic E-state index is 11.8. The van der Waals surface area contributed by atoms with Crippen LogP contribution in [0.25, 0.3) is 0 Å². The number of benzene rings is 1. The van der Waals surface area contributed by atoms with Gasteiger partial charge in [-0.15, -0.1) is 0 Å². The van der Waals surface area contributed by atoms with Gasteiger partial charge in [-0.3, -0.25) is 19.7 Å². The number of nitrogens with zero attached hydrogens (tertiary/aromatic N) is 1. The number of rotatable bonds is 1. The molecule has 3 rings (SSSR count). The maximum absolute atomic E-state index is 11.8. The van der Waals surface area contributed by atoms with Gasteiger partial charge in [0.1, 0.15) is 0 Å². The molecular weight excluding hydrogens is 246 g/mol. The van der Waals surface area contributed by atoms with E-state index in [9.17, 15) is 14.4 Å². The number of amides is 3. The Labute approximate surface area is 108 Å². The fraction of sp³-hybridized carbons (Fsp3) is 0.231. The molecule has 0 spiro atoms. The Morgan fingerprint density at radius 3 is 2.79 bits per heavy atom. The number of piperidine rings is 1. The average molecular weight is 257 g/mol. The number of fused-ring (bicyclic) bond motifs is 1. The topological polar surface area (TPSA) is 102 Å². The smallest absolute Gasteiger partial charge is 0.280 e. The number of nitrogens with two attached hydrogens (primary N) is 1. The quantitative estimate of drug-likeness (QED) is 0.556. The molecule has 0 aromatic heterocycles. The summed E-state index contributed by atoms with van der Waals surface area (Å²) in [5.74, 6) is -1.69. The van der Waals surface area contributed by atoms with Gasteiger partial charge in [0.05, 0.1) is 17.2 Å². The highest BCUT2D eigenvalue weighted by atomic mass is 16.2. The summed E-state index contributed by atoms with van der Waals surface area (Å²) >= 11 is 0. The van der Waals surface area contributed by atoms with E-state index >= 15 is 0 Å². The predicted octanol–water partition coefficient (Wildman–Crippen LogP) is 0.265. The van der Waals surface area contributed by atoms with Crippen molar-refractivity contribution in [2.75, 3.05) is 5.73 Å². The maximum Gasteiger partial charge on any atom is 0.280 e. The van der Waals surface area contributed by atoms with Crippen LogP contribution in [0.3, 0.4) is 0 Å². The van der Waals surface area contributed by atoms with Gasteiger partial charge in [0.15, 0.2) is 0 Å². The van der Waals surface area contributed by atoms with Crippen LogP contribution < -0.4 is 11.1 Å². The Kier molecular flexibility index (Phi) is 2.45. The molecule has 1 atom stereocenters. The van der Waals surface area contributed by atoms with Crippen molar-refractivity contribution < 1.29 is 14.4 Å². The lowest BCUT2D eigenvalue weighted by Gasteiger charge is -2.21. The molecule has 0 aliphatic carbocycles. The number of carbonyl (C=O) groups excluding carboxylic acids is 3. The minimum Gasteiger partial charge on any atom is -0.398 e. The van der Waals surface area contributed by atoms with Crippen molar-refractivity contribution in [2.45, 2.75) is 12.8 Å². The van der Waals surface area contributed by atoms with E-state index < -0.39 is 17.7 Å². The van der Waals surface area contributed by atoms with E-state index in [1.165, 1.54) is 0 Å². The van der Waals surface area contributed by atoms with Crippen molar-refractivity contribution in [3.63, 3.8) is 0 Å². The molecule has 1 aromatic carbocycles. The molecule has 0 saturated carbocycles. The van der Waals surface area contributed by atoms with Crippen LogP contribution in [-0.2, 0) is 9.59 Å². The summed E-state index contributed by atoms with van der Waals surface area (Å²) < 4.78 is 0. The van der Waals surface area contributed by atoms with Crippen LogP contribution >= 0.6 is 0 Å². The van der Waals surface area contributed by atoms with E-state index in [0.717, 1.165) is 0 Å². The van der Waals surface area contributed by atoms with Crippen LogP contribution in [0.1, 0.15) is 28.8 Å². The van der Waals surface area contributed by atoms with Gasteiger partial charge in [0.25, 0.3) is 5.91 Å². The number of imide groups is 1. The average Bonchev–Trinajstić information content (AvgIpc) is 2.68. The number of anilines is 1. The molecule has 1 saturated heterocycles. The molecule has 0 bridgehead atoms. The van der Waals surface area contributed by atoms with Crippen LogP contribution in [0.15, 0.2) is 23.2 Å². The van der Waals surface area contributed by atoms with E-state index in [0.29, 0.717) is 28.9 Å². The normalized spacial score (nSPS) is 22.0. The standard InChI is InChI=1S/C13H11N3O3/c14-8-3-1-2-6-10(8)13(19)16-11(6)7-4-5-9(17)15-12(7)18/h1-3,7H,4-5,14H2,(H,15,17,18). The highest BCUT2D eigenvalue weighted by molar-refractivity contribution is 6.28. The highest BCUT2D eigenvalue weighted by Crippen LogP contribution is 2.30. The second-order valence-electron chi connectivity index (χ2n) is 4.58. The number of nitrogens with one attached hydrogen (secondary N) is 1. The Morgan fingerprint density at radius 1 is 1.26 bits per heavy atom. The largest absolute Gasteiger partial charge is 0.398 e.